The number of hydrogen-bond donors (Lipinski definition) is 2. The summed E-state index contributed by atoms with van der Waals surface area (Å²) in [6.07, 6.45) is 2.60. The molecule has 0 aromatic carbocycles. The van der Waals surface area contributed by atoms with Crippen LogP contribution >= 0.6 is 0 Å². The normalized spacial score (nSPS) is 10.7. The van der Waals surface area contributed by atoms with Gasteiger partial charge < -0.3 is 11.1 Å². The summed E-state index contributed by atoms with van der Waals surface area (Å²) in [5, 5.41) is 10.7. The molecule has 0 aliphatic carbocycles. The molecule has 3 N–H and O–H groups in total. The second-order valence-corrected chi connectivity index (χ2v) is 3.76. The number of amides is 1. The third-order valence-electron chi connectivity index (χ3n) is 2.52. The third-order valence-corrected chi connectivity index (χ3v) is 2.52. The molecule has 0 bridgehead atoms. The average molecular weight is 233 g/mol. The summed E-state index contributed by atoms with van der Waals surface area (Å²) < 4.78 is 1.79. The maximum Gasteiger partial charge on any atom is 0.255 e. The molecule has 0 spiro atoms. The number of hydrogen-bond acceptors (Lipinski definition) is 4. The monoisotopic (exact) mass is 233 g/mol. The van der Waals surface area contributed by atoms with Gasteiger partial charge in [0.2, 0.25) is 0 Å². The van der Waals surface area contributed by atoms with Gasteiger partial charge in [-0.05, 0) is 32.0 Å². The van der Waals surface area contributed by atoms with Crippen LogP contribution in [0, 0.1) is 6.92 Å². The van der Waals surface area contributed by atoms with Crippen LogP contribution in [-0.4, -0.2) is 33.6 Å². The highest BCUT2D eigenvalue weighted by Gasteiger charge is 2.12. The first-order valence-electron chi connectivity index (χ1n) is 5.52. The first kappa shape index (κ1) is 11.5. The van der Waals surface area contributed by atoms with Gasteiger partial charge in [0.15, 0.2) is 5.65 Å². The molecule has 2 heterocycles. The smallest absolute Gasteiger partial charge is 0.255 e. The van der Waals surface area contributed by atoms with Crippen LogP contribution in [-0.2, 0) is 0 Å². The zero-order chi connectivity index (χ0) is 12.3. The van der Waals surface area contributed by atoms with E-state index in [1.54, 1.807) is 16.5 Å². The Labute approximate surface area is 98.8 Å². The predicted molar refractivity (Wildman–Crippen MR) is 63.7 cm³/mol. The SMILES string of the molecule is Cc1nnc2c(C(=O)NCCCN)cccn12. The third kappa shape index (κ3) is 2.26. The van der Waals surface area contributed by atoms with Gasteiger partial charge in [0.05, 0.1) is 5.56 Å². The van der Waals surface area contributed by atoms with Gasteiger partial charge in [-0.15, -0.1) is 10.2 Å². The Hall–Kier alpha value is -1.95. The van der Waals surface area contributed by atoms with Crippen LogP contribution in [0.1, 0.15) is 22.6 Å². The number of aryl methyl sites for hydroxylation is 1. The number of rotatable bonds is 4. The highest BCUT2D eigenvalue weighted by molar-refractivity contribution is 5.99. The van der Waals surface area contributed by atoms with Gasteiger partial charge in [0, 0.05) is 12.7 Å². The molecule has 0 aliphatic heterocycles. The second kappa shape index (κ2) is 4.92. The van der Waals surface area contributed by atoms with Gasteiger partial charge in [0.1, 0.15) is 5.82 Å². The van der Waals surface area contributed by atoms with Crippen LogP contribution in [0.15, 0.2) is 18.3 Å². The molecule has 0 saturated carbocycles. The van der Waals surface area contributed by atoms with E-state index in [0.717, 1.165) is 12.2 Å². The highest BCUT2D eigenvalue weighted by atomic mass is 16.1. The van der Waals surface area contributed by atoms with E-state index in [1.165, 1.54) is 0 Å². The van der Waals surface area contributed by atoms with E-state index in [4.69, 9.17) is 5.73 Å². The predicted octanol–water partition coefficient (Wildman–Crippen LogP) is 0.116. The first-order valence-corrected chi connectivity index (χ1v) is 5.52. The van der Waals surface area contributed by atoms with Crippen LogP contribution in [0.3, 0.4) is 0 Å². The molecule has 2 aromatic heterocycles. The zero-order valence-electron chi connectivity index (χ0n) is 9.68. The molecular weight excluding hydrogens is 218 g/mol. The van der Waals surface area contributed by atoms with E-state index in [0.29, 0.717) is 24.3 Å². The van der Waals surface area contributed by atoms with Crippen molar-refractivity contribution in [2.75, 3.05) is 13.1 Å². The molecule has 0 aliphatic rings. The average Bonchev–Trinajstić information content (AvgIpc) is 2.71. The Morgan fingerprint density at radius 3 is 3.12 bits per heavy atom. The fourth-order valence-electron chi connectivity index (χ4n) is 1.61. The number of carbonyl (C=O) groups is 1. The number of carbonyl (C=O) groups excluding carboxylic acids is 1. The van der Waals surface area contributed by atoms with Gasteiger partial charge in [-0.25, -0.2) is 0 Å². The summed E-state index contributed by atoms with van der Waals surface area (Å²) in [6.45, 7) is 2.98. The lowest BCUT2D eigenvalue weighted by Crippen LogP contribution is -2.26. The molecular formula is C11H15N5O. The van der Waals surface area contributed by atoms with Crippen molar-refractivity contribution in [3.8, 4) is 0 Å². The van der Waals surface area contributed by atoms with Crippen molar-refractivity contribution >= 4 is 11.6 Å². The summed E-state index contributed by atoms with van der Waals surface area (Å²) in [5.74, 6) is 0.619. The molecule has 0 saturated heterocycles. The van der Waals surface area contributed by atoms with Crippen LogP contribution in [0.2, 0.25) is 0 Å². The summed E-state index contributed by atoms with van der Waals surface area (Å²) in [6, 6.07) is 3.54. The zero-order valence-corrected chi connectivity index (χ0v) is 9.68. The highest BCUT2D eigenvalue weighted by Crippen LogP contribution is 2.09. The van der Waals surface area contributed by atoms with Crippen molar-refractivity contribution in [3.63, 3.8) is 0 Å². The van der Waals surface area contributed by atoms with Crippen molar-refractivity contribution in [3.05, 3.63) is 29.7 Å². The maximum atomic E-state index is 11.9. The fraction of sp³-hybridized carbons (Fsp3) is 0.364. The Bertz CT molecular complexity index is 534. The second-order valence-electron chi connectivity index (χ2n) is 3.76. The van der Waals surface area contributed by atoms with Crippen molar-refractivity contribution < 1.29 is 4.79 Å². The first-order chi connectivity index (χ1) is 8.24. The molecule has 0 radical (unpaired) electrons. The number of nitrogens with zero attached hydrogens (tertiary/aromatic N) is 3. The van der Waals surface area contributed by atoms with Gasteiger partial charge in [0.25, 0.3) is 5.91 Å². The van der Waals surface area contributed by atoms with Gasteiger partial charge in [-0.1, -0.05) is 0 Å². The lowest BCUT2D eigenvalue weighted by atomic mass is 10.2. The van der Waals surface area contributed by atoms with Crippen LogP contribution in [0.4, 0.5) is 0 Å². The number of nitrogens with two attached hydrogens (primary N) is 1. The number of aromatic nitrogens is 3. The molecule has 2 aromatic rings. The van der Waals surface area contributed by atoms with E-state index in [1.807, 2.05) is 13.1 Å². The number of pyridine rings is 1. The number of fused-ring (bicyclic) bond motifs is 1. The summed E-state index contributed by atoms with van der Waals surface area (Å²) in [5.41, 5.74) is 6.48. The minimum absolute atomic E-state index is 0.142. The van der Waals surface area contributed by atoms with Crippen LogP contribution in [0.5, 0.6) is 0 Å². The molecule has 6 heteroatoms. The quantitative estimate of drug-likeness (QED) is 0.734. The number of nitrogens with one attached hydrogen (secondary N) is 1. The van der Waals surface area contributed by atoms with E-state index in [2.05, 4.69) is 15.5 Å². The van der Waals surface area contributed by atoms with Crippen molar-refractivity contribution in [1.82, 2.24) is 19.9 Å². The summed E-state index contributed by atoms with van der Waals surface area (Å²) in [4.78, 5) is 11.9. The van der Waals surface area contributed by atoms with E-state index in [-0.39, 0.29) is 5.91 Å². The Kier molecular flexibility index (Phi) is 3.34. The molecule has 0 fully saturated rings. The topological polar surface area (TPSA) is 85.3 Å². The maximum absolute atomic E-state index is 11.9. The van der Waals surface area contributed by atoms with Crippen molar-refractivity contribution in [2.24, 2.45) is 5.73 Å². The van der Waals surface area contributed by atoms with Gasteiger partial charge >= 0.3 is 0 Å². The Morgan fingerprint density at radius 1 is 1.53 bits per heavy atom. The molecule has 0 unspecified atom stereocenters. The van der Waals surface area contributed by atoms with E-state index in [9.17, 15) is 4.79 Å². The summed E-state index contributed by atoms with van der Waals surface area (Å²) >= 11 is 0. The molecule has 2 rings (SSSR count). The largest absolute Gasteiger partial charge is 0.352 e. The molecule has 90 valence electrons. The van der Waals surface area contributed by atoms with Gasteiger partial charge in [-0.2, -0.15) is 0 Å². The van der Waals surface area contributed by atoms with Crippen molar-refractivity contribution in [2.45, 2.75) is 13.3 Å². The fourth-order valence-corrected chi connectivity index (χ4v) is 1.61. The van der Waals surface area contributed by atoms with E-state index < -0.39 is 0 Å². The standard InChI is InChI=1S/C11H15N5O/c1-8-14-15-10-9(4-2-7-16(8)10)11(17)13-6-3-5-12/h2,4,7H,3,5-6,12H2,1H3,(H,13,17). The molecule has 17 heavy (non-hydrogen) atoms. The Morgan fingerprint density at radius 2 is 2.35 bits per heavy atom. The Balaban J connectivity index is 2.26. The molecule has 6 nitrogen and oxygen atoms in total. The van der Waals surface area contributed by atoms with Gasteiger partial charge in [-0.3, -0.25) is 9.20 Å². The van der Waals surface area contributed by atoms with E-state index >= 15 is 0 Å². The van der Waals surface area contributed by atoms with Crippen molar-refractivity contribution in [1.29, 1.82) is 0 Å². The summed E-state index contributed by atoms with van der Waals surface area (Å²) in [7, 11) is 0. The lowest BCUT2D eigenvalue weighted by molar-refractivity contribution is 0.0954. The van der Waals surface area contributed by atoms with Crippen LogP contribution < -0.4 is 11.1 Å². The molecule has 1 amide bonds. The lowest BCUT2D eigenvalue weighted by Gasteiger charge is -2.05. The minimum Gasteiger partial charge on any atom is -0.352 e. The molecule has 0 atom stereocenters. The van der Waals surface area contributed by atoms with Crippen LogP contribution in [0.25, 0.3) is 5.65 Å². The minimum atomic E-state index is -0.142.